The van der Waals surface area contributed by atoms with Crippen LogP contribution >= 0.6 is 15.2 Å². The highest BCUT2D eigenvalue weighted by molar-refractivity contribution is 7.72. The molecule has 0 saturated carbocycles. The van der Waals surface area contributed by atoms with E-state index in [0.717, 1.165) is 12.8 Å². The van der Waals surface area contributed by atoms with Crippen molar-refractivity contribution in [1.82, 2.24) is 4.90 Å². The quantitative estimate of drug-likeness (QED) is 0.0952. The summed E-state index contributed by atoms with van der Waals surface area (Å²) < 4.78 is 54.2. The molecule has 0 unspecified atom stereocenters. The molecular weight excluding hydrogens is 492 g/mol. The minimum absolute atomic E-state index is 0.0550. The molecule has 11 heteroatoms. The maximum absolute atomic E-state index is 13.5. The minimum atomic E-state index is -3.81. The Hall–Kier alpha value is -0.950. The van der Waals surface area contributed by atoms with Crippen molar-refractivity contribution in [2.75, 3.05) is 46.6 Å². The van der Waals surface area contributed by atoms with Gasteiger partial charge in [-0.15, -0.1) is 0 Å². The van der Waals surface area contributed by atoms with E-state index in [1.165, 1.54) is 16.0 Å². The van der Waals surface area contributed by atoms with E-state index < -0.39 is 26.7 Å². The number of amides is 1. The highest BCUT2D eigenvalue weighted by Crippen LogP contribution is 2.71. The van der Waals surface area contributed by atoms with Crippen LogP contribution in [0.25, 0.3) is 0 Å². The standard InChI is InChI=1S/C24H47NO8P2/c1-9-30-34(27,31-10-2)23(35(28,32-11-3)33-12-4)17-14-20-29-24(26)25(8)19-18-22(7)16-13-15-21(5)6/h15,18,23H,9-14,16-17,19-20H2,1-8H3/b22-18+. The van der Waals surface area contributed by atoms with Crippen molar-refractivity contribution in [3.8, 4) is 0 Å². The minimum Gasteiger partial charge on any atom is -0.449 e. The van der Waals surface area contributed by atoms with Crippen molar-refractivity contribution < 1.29 is 36.8 Å². The Morgan fingerprint density at radius 1 is 0.857 bits per heavy atom. The lowest BCUT2D eigenvalue weighted by molar-refractivity contribution is 0.112. The van der Waals surface area contributed by atoms with Crippen LogP contribution in [0, 0.1) is 0 Å². The molecule has 0 aromatic heterocycles. The van der Waals surface area contributed by atoms with Gasteiger partial charge in [-0.3, -0.25) is 9.13 Å². The lowest BCUT2D eigenvalue weighted by Gasteiger charge is -2.31. The summed E-state index contributed by atoms with van der Waals surface area (Å²) in [5, 5.41) is -1.11. The summed E-state index contributed by atoms with van der Waals surface area (Å²) in [5.74, 6) is 0. The number of likely N-dealkylation sites (N-methyl/N-ethyl adjacent to an activating group) is 1. The average molecular weight is 540 g/mol. The van der Waals surface area contributed by atoms with Gasteiger partial charge >= 0.3 is 21.3 Å². The third kappa shape index (κ3) is 13.2. The number of rotatable bonds is 19. The lowest BCUT2D eigenvalue weighted by Crippen LogP contribution is -2.28. The molecule has 0 saturated heterocycles. The van der Waals surface area contributed by atoms with E-state index in [4.69, 9.17) is 22.8 Å². The largest absolute Gasteiger partial charge is 0.449 e. The third-order valence-electron chi connectivity index (χ3n) is 4.91. The maximum Gasteiger partial charge on any atom is 0.409 e. The molecular formula is C24H47NO8P2. The summed E-state index contributed by atoms with van der Waals surface area (Å²) in [4.78, 5) is 13.8. The molecule has 0 aliphatic carbocycles. The van der Waals surface area contributed by atoms with Gasteiger partial charge in [0, 0.05) is 13.6 Å². The predicted molar refractivity (Wildman–Crippen MR) is 141 cm³/mol. The van der Waals surface area contributed by atoms with Gasteiger partial charge in [0.05, 0.1) is 33.0 Å². The number of allylic oxidation sites excluding steroid dienone is 3. The normalized spacial score (nSPS) is 12.7. The SMILES string of the molecule is CCOP(=O)(OCC)C(CCCOC(=O)N(C)C/C=C(\C)CCC=C(C)C)P(=O)(OCC)OCC. The van der Waals surface area contributed by atoms with Gasteiger partial charge in [0.25, 0.3) is 0 Å². The van der Waals surface area contributed by atoms with E-state index >= 15 is 0 Å². The topological polar surface area (TPSA) is 101 Å². The average Bonchev–Trinajstić information content (AvgIpc) is 2.77. The Labute approximate surface area is 212 Å². The fraction of sp³-hybridized carbons (Fsp3) is 0.792. The van der Waals surface area contributed by atoms with Crippen LogP contribution in [-0.2, 0) is 32.0 Å². The Morgan fingerprint density at radius 2 is 1.34 bits per heavy atom. The Balaban J connectivity index is 5.10. The van der Waals surface area contributed by atoms with Crippen molar-refractivity contribution in [1.29, 1.82) is 0 Å². The molecule has 9 nitrogen and oxygen atoms in total. The molecule has 0 aromatic rings. The zero-order valence-corrected chi connectivity index (χ0v) is 24.7. The molecule has 35 heavy (non-hydrogen) atoms. The molecule has 0 fully saturated rings. The van der Waals surface area contributed by atoms with Gasteiger partial charge in [0.15, 0.2) is 5.40 Å². The van der Waals surface area contributed by atoms with Crippen LogP contribution in [0.1, 0.15) is 74.1 Å². The second kappa shape index (κ2) is 18.3. The monoisotopic (exact) mass is 539 g/mol. The summed E-state index contributed by atoms with van der Waals surface area (Å²) in [7, 11) is -5.95. The number of nitrogens with zero attached hydrogens (tertiary/aromatic N) is 1. The molecule has 0 aliphatic heterocycles. The van der Waals surface area contributed by atoms with Gasteiger partial charge < -0.3 is 27.7 Å². The van der Waals surface area contributed by atoms with Crippen LogP contribution in [0.2, 0.25) is 0 Å². The molecule has 0 aromatic carbocycles. The molecule has 0 radical (unpaired) electrons. The lowest BCUT2D eigenvalue weighted by atomic mass is 10.1. The van der Waals surface area contributed by atoms with Crippen molar-refractivity contribution >= 4 is 21.3 Å². The van der Waals surface area contributed by atoms with Crippen molar-refractivity contribution in [2.24, 2.45) is 0 Å². The van der Waals surface area contributed by atoms with Gasteiger partial charge in [-0.25, -0.2) is 4.79 Å². The van der Waals surface area contributed by atoms with E-state index in [1.807, 2.05) is 13.0 Å². The number of hydrogen-bond acceptors (Lipinski definition) is 8. The number of hydrogen-bond donors (Lipinski definition) is 0. The Kier molecular flexibility index (Phi) is 17.8. The summed E-state index contributed by atoms with van der Waals surface area (Å²) in [5.41, 5.74) is 2.49. The highest BCUT2D eigenvalue weighted by atomic mass is 31.2. The third-order valence-corrected chi connectivity index (χ3v) is 11.1. The van der Waals surface area contributed by atoms with Gasteiger partial charge in [-0.05, 0) is 74.1 Å². The molecule has 1 amide bonds. The fourth-order valence-electron chi connectivity index (χ4n) is 3.22. The van der Waals surface area contributed by atoms with Crippen LogP contribution in [0.4, 0.5) is 4.79 Å². The second-order valence-corrected chi connectivity index (χ2v) is 13.1. The molecule has 0 aliphatic rings. The first-order valence-corrected chi connectivity index (χ1v) is 15.7. The number of ether oxygens (including phenoxy) is 1. The first kappa shape index (κ1) is 34.0. The van der Waals surface area contributed by atoms with Crippen LogP contribution in [0.3, 0.4) is 0 Å². The molecule has 0 atom stereocenters. The Bertz CT molecular complexity index is 715. The zero-order valence-electron chi connectivity index (χ0n) is 22.9. The van der Waals surface area contributed by atoms with E-state index in [-0.39, 0.29) is 45.9 Å². The van der Waals surface area contributed by atoms with E-state index in [9.17, 15) is 13.9 Å². The van der Waals surface area contributed by atoms with Crippen molar-refractivity contribution in [3.05, 3.63) is 23.3 Å². The van der Waals surface area contributed by atoms with Crippen molar-refractivity contribution in [3.63, 3.8) is 0 Å². The summed E-state index contributed by atoms with van der Waals surface area (Å²) in [6.45, 7) is 13.9. The first-order valence-electron chi connectivity index (χ1n) is 12.4. The fourth-order valence-corrected chi connectivity index (χ4v) is 8.68. The summed E-state index contributed by atoms with van der Waals surface area (Å²) in [6, 6.07) is 0. The maximum atomic E-state index is 13.5. The molecule has 0 bridgehead atoms. The predicted octanol–water partition coefficient (Wildman–Crippen LogP) is 7.39. The van der Waals surface area contributed by atoms with Crippen LogP contribution < -0.4 is 0 Å². The van der Waals surface area contributed by atoms with E-state index in [2.05, 4.69) is 19.9 Å². The molecule has 0 spiro atoms. The van der Waals surface area contributed by atoms with Gasteiger partial charge in [0.2, 0.25) is 0 Å². The molecule has 0 rings (SSSR count). The summed E-state index contributed by atoms with van der Waals surface area (Å²) in [6.07, 6.45) is 6.05. The van der Waals surface area contributed by atoms with Gasteiger partial charge in [-0.2, -0.15) is 0 Å². The van der Waals surface area contributed by atoms with Crippen molar-refractivity contribution in [2.45, 2.75) is 79.5 Å². The van der Waals surface area contributed by atoms with E-state index in [0.29, 0.717) is 6.54 Å². The molecule has 0 heterocycles. The second-order valence-electron chi connectivity index (χ2n) is 8.24. The number of carbonyl (C=O) groups is 1. The van der Waals surface area contributed by atoms with Gasteiger partial charge in [-0.1, -0.05) is 23.3 Å². The zero-order chi connectivity index (χ0) is 26.9. The summed E-state index contributed by atoms with van der Waals surface area (Å²) >= 11 is 0. The molecule has 206 valence electrons. The molecule has 0 N–H and O–H groups in total. The van der Waals surface area contributed by atoms with Crippen LogP contribution in [0.5, 0.6) is 0 Å². The Morgan fingerprint density at radius 3 is 1.77 bits per heavy atom. The smallest absolute Gasteiger partial charge is 0.409 e. The highest BCUT2D eigenvalue weighted by Gasteiger charge is 2.50. The van der Waals surface area contributed by atoms with Gasteiger partial charge in [0.1, 0.15) is 0 Å². The first-order chi connectivity index (χ1) is 16.5. The van der Waals surface area contributed by atoms with Crippen LogP contribution in [0.15, 0.2) is 23.3 Å². The van der Waals surface area contributed by atoms with E-state index in [1.54, 1.807) is 34.7 Å². The van der Waals surface area contributed by atoms with Crippen LogP contribution in [-0.4, -0.2) is 63.0 Å². The number of carbonyl (C=O) groups excluding carboxylic acids is 1.